The molecule has 0 aromatic carbocycles. The molecular formula is C23H30N8O2. The fourth-order valence-electron chi connectivity index (χ4n) is 3.71. The molecule has 2 amide bonds. The summed E-state index contributed by atoms with van der Waals surface area (Å²) in [5.41, 5.74) is 3.22. The first kappa shape index (κ1) is 22.5. The molecule has 3 heterocycles. The third-order valence-electron chi connectivity index (χ3n) is 5.76. The van der Waals surface area contributed by atoms with Crippen molar-refractivity contribution in [1.82, 2.24) is 24.3 Å². The number of carbonyl (C=O) groups excluding carboxylic acids is 2. The fraction of sp³-hybridized carbons (Fsp3) is 0.435. The number of aryl methyl sites for hydroxylation is 1. The Morgan fingerprint density at radius 3 is 2.58 bits per heavy atom. The average Bonchev–Trinajstić information content (AvgIpc) is 3.54. The van der Waals surface area contributed by atoms with Crippen LogP contribution in [0.15, 0.2) is 24.5 Å². The minimum Gasteiger partial charge on any atom is -0.373 e. The van der Waals surface area contributed by atoms with E-state index in [4.69, 9.17) is 4.98 Å². The van der Waals surface area contributed by atoms with Crippen molar-refractivity contribution in [3.05, 3.63) is 41.6 Å². The topological polar surface area (TPSA) is 108 Å². The Morgan fingerprint density at radius 1 is 1.21 bits per heavy atom. The molecule has 1 saturated carbocycles. The molecule has 0 bridgehead atoms. The standard InChI is InChI=1S/C23H30N8O2/c1-14(25-21-9-20(24-3)26-15(2)27-21)18-11-30-10-17(16-6-7-16)8-19(23(30)28-18)31(13-32)12-22(33)29(4)5/h8-11,13-14,16H,6-7,12H2,1-5H3,(H2,24,25,26,27). The number of hydrogen-bond acceptors (Lipinski definition) is 7. The van der Waals surface area contributed by atoms with Crippen LogP contribution in [0.25, 0.3) is 5.65 Å². The van der Waals surface area contributed by atoms with Gasteiger partial charge >= 0.3 is 0 Å². The maximum atomic E-state index is 12.3. The molecule has 174 valence electrons. The number of aromatic nitrogens is 4. The summed E-state index contributed by atoms with van der Waals surface area (Å²) in [6.07, 6.45) is 7.00. The van der Waals surface area contributed by atoms with Gasteiger partial charge in [0, 0.05) is 39.6 Å². The first-order valence-electron chi connectivity index (χ1n) is 11.0. The molecule has 4 rings (SSSR count). The van der Waals surface area contributed by atoms with E-state index in [0.29, 0.717) is 35.3 Å². The van der Waals surface area contributed by atoms with Gasteiger partial charge in [0.05, 0.1) is 17.4 Å². The largest absolute Gasteiger partial charge is 0.373 e. The summed E-state index contributed by atoms with van der Waals surface area (Å²) < 4.78 is 1.96. The molecule has 1 fully saturated rings. The summed E-state index contributed by atoms with van der Waals surface area (Å²) in [7, 11) is 5.17. The molecule has 2 N–H and O–H groups in total. The number of rotatable bonds is 9. The Bertz CT molecular complexity index is 1180. The minimum atomic E-state index is -0.154. The predicted molar refractivity (Wildman–Crippen MR) is 128 cm³/mol. The van der Waals surface area contributed by atoms with Crippen LogP contribution in [0.5, 0.6) is 0 Å². The van der Waals surface area contributed by atoms with Crippen molar-refractivity contribution in [3.8, 4) is 0 Å². The van der Waals surface area contributed by atoms with E-state index in [-0.39, 0.29) is 18.5 Å². The van der Waals surface area contributed by atoms with Gasteiger partial charge in [0.15, 0.2) is 5.65 Å². The van der Waals surface area contributed by atoms with E-state index in [1.165, 1.54) is 9.80 Å². The van der Waals surface area contributed by atoms with Gasteiger partial charge in [-0.15, -0.1) is 0 Å². The molecule has 1 unspecified atom stereocenters. The van der Waals surface area contributed by atoms with Crippen molar-refractivity contribution >= 4 is 35.3 Å². The van der Waals surface area contributed by atoms with Crippen LogP contribution in [0, 0.1) is 6.92 Å². The van der Waals surface area contributed by atoms with Crippen molar-refractivity contribution in [2.45, 2.75) is 38.6 Å². The number of carbonyl (C=O) groups is 2. The Hall–Kier alpha value is -3.69. The summed E-state index contributed by atoms with van der Waals surface area (Å²) in [6, 6.07) is 3.69. The van der Waals surface area contributed by atoms with E-state index < -0.39 is 0 Å². The summed E-state index contributed by atoms with van der Waals surface area (Å²) >= 11 is 0. The molecule has 0 spiro atoms. The molecule has 3 aromatic heterocycles. The molecule has 1 aliphatic carbocycles. The Kier molecular flexibility index (Phi) is 6.17. The van der Waals surface area contributed by atoms with E-state index >= 15 is 0 Å². The normalized spacial score (nSPS) is 14.1. The summed E-state index contributed by atoms with van der Waals surface area (Å²) in [4.78, 5) is 40.8. The van der Waals surface area contributed by atoms with Gasteiger partial charge in [0.25, 0.3) is 0 Å². The highest BCUT2D eigenvalue weighted by Gasteiger charge is 2.27. The van der Waals surface area contributed by atoms with Crippen molar-refractivity contribution in [2.75, 3.05) is 43.2 Å². The predicted octanol–water partition coefficient (Wildman–Crippen LogP) is 2.58. The summed E-state index contributed by atoms with van der Waals surface area (Å²) in [6.45, 7) is 3.81. The smallest absolute Gasteiger partial charge is 0.242 e. The number of amides is 2. The van der Waals surface area contributed by atoms with Crippen LogP contribution in [0.3, 0.4) is 0 Å². The Balaban J connectivity index is 1.69. The number of nitrogens with zero attached hydrogens (tertiary/aromatic N) is 6. The van der Waals surface area contributed by atoms with E-state index in [9.17, 15) is 9.59 Å². The van der Waals surface area contributed by atoms with Gasteiger partial charge in [-0.05, 0) is 44.2 Å². The molecular weight excluding hydrogens is 420 g/mol. The maximum Gasteiger partial charge on any atom is 0.242 e. The zero-order chi connectivity index (χ0) is 23.7. The Morgan fingerprint density at radius 2 is 1.94 bits per heavy atom. The van der Waals surface area contributed by atoms with Crippen LogP contribution in [0.2, 0.25) is 0 Å². The number of nitrogens with one attached hydrogen (secondary N) is 2. The molecule has 1 aliphatic rings. The fourth-order valence-corrected chi connectivity index (χ4v) is 3.71. The second-order valence-corrected chi connectivity index (χ2v) is 8.65. The number of imidazole rings is 1. The van der Waals surface area contributed by atoms with Crippen LogP contribution in [0.1, 0.15) is 48.8 Å². The first-order valence-corrected chi connectivity index (χ1v) is 11.0. The zero-order valence-corrected chi connectivity index (χ0v) is 19.7. The zero-order valence-electron chi connectivity index (χ0n) is 19.7. The number of fused-ring (bicyclic) bond motifs is 1. The van der Waals surface area contributed by atoms with E-state index in [0.717, 1.165) is 29.9 Å². The van der Waals surface area contributed by atoms with Gasteiger partial charge < -0.3 is 24.8 Å². The maximum absolute atomic E-state index is 12.3. The van der Waals surface area contributed by atoms with Crippen molar-refractivity contribution in [2.24, 2.45) is 0 Å². The van der Waals surface area contributed by atoms with Crippen LogP contribution < -0.4 is 15.5 Å². The Labute approximate surface area is 193 Å². The highest BCUT2D eigenvalue weighted by Crippen LogP contribution is 2.42. The monoisotopic (exact) mass is 450 g/mol. The molecule has 3 aromatic rings. The van der Waals surface area contributed by atoms with Crippen LogP contribution >= 0.6 is 0 Å². The SMILES string of the molecule is CNc1cc(NC(C)c2cn3cc(C4CC4)cc(N(C=O)CC(=O)N(C)C)c3n2)nc(C)n1. The summed E-state index contributed by atoms with van der Waals surface area (Å²) in [5.74, 6) is 2.42. The lowest BCUT2D eigenvalue weighted by Gasteiger charge is -2.20. The van der Waals surface area contributed by atoms with Crippen LogP contribution in [0.4, 0.5) is 17.3 Å². The van der Waals surface area contributed by atoms with Gasteiger partial charge in [-0.3, -0.25) is 9.59 Å². The third-order valence-corrected chi connectivity index (χ3v) is 5.76. The van der Waals surface area contributed by atoms with E-state index in [1.54, 1.807) is 14.1 Å². The molecule has 1 atom stereocenters. The van der Waals surface area contributed by atoms with Gasteiger partial charge in [-0.1, -0.05) is 0 Å². The van der Waals surface area contributed by atoms with Crippen molar-refractivity contribution in [1.29, 1.82) is 0 Å². The number of likely N-dealkylation sites (N-methyl/N-ethyl adjacent to an activating group) is 1. The van der Waals surface area contributed by atoms with Crippen LogP contribution in [-0.4, -0.2) is 64.3 Å². The number of hydrogen-bond donors (Lipinski definition) is 2. The first-order chi connectivity index (χ1) is 15.8. The quantitative estimate of drug-likeness (QED) is 0.483. The van der Waals surface area contributed by atoms with Gasteiger partial charge in [0.2, 0.25) is 12.3 Å². The molecule has 10 nitrogen and oxygen atoms in total. The van der Waals surface area contributed by atoms with Crippen LogP contribution in [-0.2, 0) is 9.59 Å². The van der Waals surface area contributed by atoms with E-state index in [2.05, 4.69) is 26.8 Å². The number of anilines is 3. The van der Waals surface area contributed by atoms with Gasteiger partial charge in [-0.25, -0.2) is 15.0 Å². The minimum absolute atomic E-state index is 0.0384. The lowest BCUT2D eigenvalue weighted by molar-refractivity contribution is -0.128. The second kappa shape index (κ2) is 9.05. The van der Waals surface area contributed by atoms with Crippen molar-refractivity contribution in [3.63, 3.8) is 0 Å². The van der Waals surface area contributed by atoms with Crippen molar-refractivity contribution < 1.29 is 9.59 Å². The molecule has 33 heavy (non-hydrogen) atoms. The molecule has 10 heteroatoms. The average molecular weight is 451 g/mol. The molecule has 0 radical (unpaired) electrons. The second-order valence-electron chi connectivity index (χ2n) is 8.65. The lowest BCUT2D eigenvalue weighted by Crippen LogP contribution is -2.36. The van der Waals surface area contributed by atoms with Gasteiger partial charge in [0.1, 0.15) is 24.0 Å². The van der Waals surface area contributed by atoms with E-state index in [1.807, 2.05) is 43.6 Å². The third kappa shape index (κ3) is 4.89. The lowest BCUT2D eigenvalue weighted by atomic mass is 10.1. The highest BCUT2D eigenvalue weighted by molar-refractivity contribution is 5.92. The molecule has 0 aliphatic heterocycles. The highest BCUT2D eigenvalue weighted by atomic mass is 16.2. The van der Waals surface area contributed by atoms with Gasteiger partial charge in [-0.2, -0.15) is 0 Å². The number of pyridine rings is 1. The molecule has 0 saturated heterocycles. The summed E-state index contributed by atoms with van der Waals surface area (Å²) in [5, 5.41) is 6.42.